The summed E-state index contributed by atoms with van der Waals surface area (Å²) in [5.41, 5.74) is -1.49. The predicted octanol–water partition coefficient (Wildman–Crippen LogP) is 3.66. The minimum atomic E-state index is -3.74. The van der Waals surface area contributed by atoms with Crippen molar-refractivity contribution in [1.29, 1.82) is 5.26 Å². The van der Waals surface area contributed by atoms with Crippen LogP contribution in [0.3, 0.4) is 0 Å². The summed E-state index contributed by atoms with van der Waals surface area (Å²) in [5.74, 6) is 5.54. The molecule has 0 saturated heterocycles. The second-order valence-corrected chi connectivity index (χ2v) is 5.52. The van der Waals surface area contributed by atoms with Crippen molar-refractivity contribution >= 4 is 7.82 Å². The molecule has 0 rings (SSSR count). The van der Waals surface area contributed by atoms with Crippen LogP contribution in [0.15, 0.2) is 0 Å². The Labute approximate surface area is 115 Å². The summed E-state index contributed by atoms with van der Waals surface area (Å²) in [6.45, 7) is 7.19. The van der Waals surface area contributed by atoms with E-state index in [4.69, 9.17) is 18.8 Å². The summed E-state index contributed by atoms with van der Waals surface area (Å²) in [6, 6.07) is 1.90. The Morgan fingerprint density at radius 1 is 1.21 bits per heavy atom. The minimum Gasteiger partial charge on any atom is -0.287 e. The first-order valence-corrected chi connectivity index (χ1v) is 7.92. The first-order chi connectivity index (χ1) is 8.95. The largest absolute Gasteiger partial charge is 0.477 e. The van der Waals surface area contributed by atoms with Crippen molar-refractivity contribution in [3.05, 3.63) is 0 Å². The smallest absolute Gasteiger partial charge is 0.287 e. The van der Waals surface area contributed by atoms with Crippen LogP contribution in [0.5, 0.6) is 0 Å². The Morgan fingerprint density at radius 3 is 2.21 bits per heavy atom. The van der Waals surface area contributed by atoms with Crippen molar-refractivity contribution in [1.82, 2.24) is 0 Å². The van der Waals surface area contributed by atoms with Crippen molar-refractivity contribution in [3.63, 3.8) is 0 Å². The van der Waals surface area contributed by atoms with Gasteiger partial charge in [-0.2, -0.15) is 5.26 Å². The lowest BCUT2D eigenvalue weighted by molar-refractivity contribution is 0.0843. The van der Waals surface area contributed by atoms with E-state index < -0.39 is 13.4 Å². The van der Waals surface area contributed by atoms with E-state index >= 15 is 0 Å². The zero-order valence-corrected chi connectivity index (χ0v) is 13.0. The maximum Gasteiger partial charge on any atom is 0.477 e. The molecule has 0 aromatic heterocycles. The second-order valence-electron chi connectivity index (χ2n) is 3.92. The van der Waals surface area contributed by atoms with E-state index in [2.05, 4.69) is 18.8 Å². The molecule has 0 aliphatic rings. The fourth-order valence-corrected chi connectivity index (χ4v) is 2.54. The molecule has 19 heavy (non-hydrogen) atoms. The summed E-state index contributed by atoms with van der Waals surface area (Å²) in [7, 11) is -3.74. The third-order valence-electron chi connectivity index (χ3n) is 2.06. The molecule has 108 valence electrons. The van der Waals surface area contributed by atoms with E-state index in [0.717, 1.165) is 12.8 Å². The fourth-order valence-electron chi connectivity index (χ4n) is 1.20. The number of hydrogen-bond acceptors (Lipinski definition) is 5. The van der Waals surface area contributed by atoms with E-state index in [1.807, 2.05) is 6.07 Å². The van der Waals surface area contributed by atoms with E-state index in [0.29, 0.717) is 6.42 Å². The Hall–Kier alpha value is -0.840. The van der Waals surface area contributed by atoms with E-state index in [-0.39, 0.29) is 13.2 Å². The number of nitrogens with zero attached hydrogens (tertiary/aromatic N) is 1. The average Bonchev–Trinajstić information content (AvgIpc) is 2.35. The van der Waals surface area contributed by atoms with Gasteiger partial charge in [-0.05, 0) is 27.2 Å². The van der Waals surface area contributed by atoms with Gasteiger partial charge in [0.15, 0.2) is 0 Å². The highest BCUT2D eigenvalue weighted by atomic mass is 31.2. The van der Waals surface area contributed by atoms with Gasteiger partial charge in [0.2, 0.25) is 5.60 Å². The van der Waals surface area contributed by atoms with Crippen LogP contribution in [-0.4, -0.2) is 18.8 Å². The molecule has 0 spiro atoms. The lowest BCUT2D eigenvalue weighted by Crippen LogP contribution is -2.24. The van der Waals surface area contributed by atoms with Crippen molar-refractivity contribution < 1.29 is 18.1 Å². The van der Waals surface area contributed by atoms with E-state index in [1.54, 1.807) is 13.8 Å². The van der Waals surface area contributed by atoms with Gasteiger partial charge in [0, 0.05) is 6.42 Å². The molecular formula is C13H22NO4P. The molecular weight excluding hydrogens is 265 g/mol. The van der Waals surface area contributed by atoms with Gasteiger partial charge in [0.1, 0.15) is 6.07 Å². The highest BCUT2D eigenvalue weighted by Crippen LogP contribution is 2.52. The number of hydrogen-bond donors (Lipinski definition) is 0. The molecule has 0 radical (unpaired) electrons. The third-order valence-corrected chi connectivity index (χ3v) is 3.80. The van der Waals surface area contributed by atoms with Crippen LogP contribution in [0.25, 0.3) is 0 Å². The molecule has 6 heteroatoms. The van der Waals surface area contributed by atoms with Crippen molar-refractivity contribution in [2.45, 2.75) is 52.6 Å². The standard InChI is InChI=1S/C13H22NO4P/c1-5-8-9-10-11-13(4,12-14)18-19(15,16-6-2)17-7-3/h5-9H2,1-4H3. The first kappa shape index (κ1) is 18.2. The van der Waals surface area contributed by atoms with Crippen molar-refractivity contribution in [2.24, 2.45) is 0 Å². The van der Waals surface area contributed by atoms with Crippen LogP contribution >= 0.6 is 7.82 Å². The second kappa shape index (κ2) is 9.13. The first-order valence-electron chi connectivity index (χ1n) is 6.46. The zero-order chi connectivity index (χ0) is 14.8. The van der Waals surface area contributed by atoms with Crippen LogP contribution in [0.4, 0.5) is 0 Å². The number of unbranched alkanes of at least 4 members (excludes halogenated alkanes) is 2. The van der Waals surface area contributed by atoms with Gasteiger partial charge < -0.3 is 0 Å². The molecule has 0 bridgehead atoms. The van der Waals surface area contributed by atoms with Crippen molar-refractivity contribution in [3.8, 4) is 17.9 Å². The highest BCUT2D eigenvalue weighted by molar-refractivity contribution is 7.48. The van der Waals surface area contributed by atoms with Gasteiger partial charge in [0.25, 0.3) is 0 Å². The summed E-state index contributed by atoms with van der Waals surface area (Å²) in [4.78, 5) is 0. The molecule has 0 aromatic rings. The van der Waals surface area contributed by atoms with Gasteiger partial charge in [-0.15, -0.1) is 0 Å². The SMILES string of the molecule is CCCCC#CC(C)(C#N)OP(=O)(OCC)OCC. The number of nitriles is 1. The van der Waals surface area contributed by atoms with Gasteiger partial charge >= 0.3 is 7.82 Å². The normalized spacial score (nSPS) is 14.1. The summed E-state index contributed by atoms with van der Waals surface area (Å²) in [6.07, 6.45) is 2.64. The lowest BCUT2D eigenvalue weighted by atomic mass is 10.1. The summed E-state index contributed by atoms with van der Waals surface area (Å²) >= 11 is 0. The van der Waals surface area contributed by atoms with Gasteiger partial charge in [-0.3, -0.25) is 13.6 Å². The van der Waals surface area contributed by atoms with Gasteiger partial charge in [-0.25, -0.2) is 4.57 Å². The maximum atomic E-state index is 12.2. The third kappa shape index (κ3) is 7.35. The van der Waals surface area contributed by atoms with E-state index in [1.165, 1.54) is 6.92 Å². The molecule has 0 heterocycles. The highest BCUT2D eigenvalue weighted by Gasteiger charge is 2.37. The minimum absolute atomic E-state index is 0.169. The zero-order valence-electron chi connectivity index (χ0n) is 12.1. The fraction of sp³-hybridized carbons (Fsp3) is 0.769. The van der Waals surface area contributed by atoms with Crippen LogP contribution < -0.4 is 0 Å². The van der Waals surface area contributed by atoms with Crippen LogP contribution in [0.1, 0.15) is 47.0 Å². The Bertz CT molecular complexity index is 397. The Morgan fingerprint density at radius 2 is 1.79 bits per heavy atom. The number of phosphoric ester groups is 1. The quantitative estimate of drug-likeness (QED) is 0.387. The topological polar surface area (TPSA) is 68.5 Å². The molecule has 1 unspecified atom stereocenters. The molecule has 5 nitrogen and oxygen atoms in total. The molecule has 0 saturated carbocycles. The molecule has 0 fully saturated rings. The molecule has 0 aliphatic heterocycles. The van der Waals surface area contributed by atoms with Gasteiger partial charge in [0.05, 0.1) is 13.2 Å². The molecule has 0 N–H and O–H groups in total. The van der Waals surface area contributed by atoms with Crippen LogP contribution in [-0.2, 0) is 18.1 Å². The van der Waals surface area contributed by atoms with E-state index in [9.17, 15) is 4.57 Å². The Kier molecular flexibility index (Phi) is 8.72. The maximum absolute atomic E-state index is 12.2. The lowest BCUT2D eigenvalue weighted by Gasteiger charge is -2.22. The Balaban J connectivity index is 4.87. The van der Waals surface area contributed by atoms with Gasteiger partial charge in [-0.1, -0.05) is 25.2 Å². The molecule has 1 atom stereocenters. The molecule has 0 aliphatic carbocycles. The van der Waals surface area contributed by atoms with Crippen LogP contribution in [0, 0.1) is 23.2 Å². The summed E-state index contributed by atoms with van der Waals surface area (Å²) in [5, 5.41) is 9.13. The molecule has 0 amide bonds. The predicted molar refractivity (Wildman–Crippen MR) is 73.3 cm³/mol. The van der Waals surface area contributed by atoms with Crippen molar-refractivity contribution in [2.75, 3.05) is 13.2 Å². The number of phosphoric acid groups is 1. The average molecular weight is 287 g/mol. The van der Waals surface area contributed by atoms with Crippen LogP contribution in [0.2, 0.25) is 0 Å². The molecule has 0 aromatic carbocycles. The monoisotopic (exact) mass is 287 g/mol. The summed E-state index contributed by atoms with van der Waals surface area (Å²) < 4.78 is 27.4. The number of rotatable bonds is 8.